The maximum Gasteiger partial charge on any atom is 0.211 e. The molecule has 9 heteroatoms. The molecule has 5 nitrogen and oxygen atoms in total. The van der Waals surface area contributed by atoms with E-state index in [-0.39, 0.29) is 35.4 Å². The van der Waals surface area contributed by atoms with E-state index in [1.807, 2.05) is 11.8 Å². The Labute approximate surface area is 152 Å². The van der Waals surface area contributed by atoms with Crippen LogP contribution in [0.5, 0.6) is 0 Å². The standard InChI is InChI=1S/C16H23ClF2N2O3S/c1-12-11-21(7-8-24-12)15(10-20-25(22,23)9-3-6-18)16-13(17)4-2-5-14(16)19/h2,4-5,12,15,20H,3,6-11H2,1H3/t12-,15+/m1/s1. The Kier molecular flexibility index (Phi) is 7.57. The minimum Gasteiger partial charge on any atom is -0.376 e. The van der Waals surface area contributed by atoms with E-state index in [9.17, 15) is 17.2 Å². The highest BCUT2D eigenvalue weighted by atomic mass is 35.5. The first-order valence-corrected chi connectivity index (χ1v) is 10.2. The van der Waals surface area contributed by atoms with Gasteiger partial charge in [0.25, 0.3) is 0 Å². The summed E-state index contributed by atoms with van der Waals surface area (Å²) in [5.74, 6) is -0.791. The molecule has 1 heterocycles. The summed E-state index contributed by atoms with van der Waals surface area (Å²) >= 11 is 6.19. The van der Waals surface area contributed by atoms with Crippen molar-refractivity contribution in [1.82, 2.24) is 9.62 Å². The molecule has 1 saturated heterocycles. The zero-order valence-corrected chi connectivity index (χ0v) is 15.6. The molecule has 1 fully saturated rings. The van der Waals surface area contributed by atoms with Crippen LogP contribution in [0.2, 0.25) is 5.02 Å². The predicted octanol–water partition coefficient (Wildman–Crippen LogP) is 2.52. The average Bonchev–Trinajstić information content (AvgIpc) is 2.55. The number of alkyl halides is 1. The Hall–Kier alpha value is -0.800. The van der Waals surface area contributed by atoms with Gasteiger partial charge >= 0.3 is 0 Å². The summed E-state index contributed by atoms with van der Waals surface area (Å²) < 4.78 is 58.6. The van der Waals surface area contributed by atoms with E-state index in [4.69, 9.17) is 16.3 Å². The molecule has 1 aliphatic rings. The lowest BCUT2D eigenvalue weighted by Crippen LogP contribution is -2.47. The number of hydrogen-bond acceptors (Lipinski definition) is 4. The fraction of sp³-hybridized carbons (Fsp3) is 0.625. The first kappa shape index (κ1) is 20.5. The van der Waals surface area contributed by atoms with Gasteiger partial charge in [0.2, 0.25) is 10.0 Å². The smallest absolute Gasteiger partial charge is 0.211 e. The molecule has 0 bridgehead atoms. The third-order valence-corrected chi connectivity index (χ3v) is 5.85. The predicted molar refractivity (Wildman–Crippen MR) is 93.5 cm³/mol. The Morgan fingerprint density at radius 2 is 2.24 bits per heavy atom. The Bertz CT molecular complexity index is 655. The van der Waals surface area contributed by atoms with Gasteiger partial charge in [-0.25, -0.2) is 17.5 Å². The number of morpholine rings is 1. The van der Waals surface area contributed by atoms with Crippen LogP contribution >= 0.6 is 11.6 Å². The molecule has 2 rings (SSSR count). The van der Waals surface area contributed by atoms with Crippen molar-refractivity contribution in [2.45, 2.75) is 25.5 Å². The fourth-order valence-corrected chi connectivity index (χ4v) is 4.23. The van der Waals surface area contributed by atoms with E-state index in [0.717, 1.165) is 0 Å². The molecule has 1 N–H and O–H groups in total. The lowest BCUT2D eigenvalue weighted by atomic mass is 10.0. The van der Waals surface area contributed by atoms with Gasteiger partial charge in [0, 0.05) is 30.2 Å². The van der Waals surface area contributed by atoms with Crippen LogP contribution in [0.15, 0.2) is 18.2 Å². The largest absolute Gasteiger partial charge is 0.376 e. The molecule has 0 saturated carbocycles. The minimum absolute atomic E-state index is 0.0397. The molecule has 142 valence electrons. The van der Waals surface area contributed by atoms with Crippen LogP contribution in [0.1, 0.15) is 24.9 Å². The van der Waals surface area contributed by atoms with E-state index in [0.29, 0.717) is 19.7 Å². The van der Waals surface area contributed by atoms with Crippen LogP contribution in [0.3, 0.4) is 0 Å². The van der Waals surface area contributed by atoms with E-state index in [1.165, 1.54) is 12.1 Å². The van der Waals surface area contributed by atoms with Crippen LogP contribution in [-0.4, -0.2) is 58.1 Å². The molecule has 2 atom stereocenters. The second-order valence-corrected chi connectivity index (χ2v) is 8.37. The van der Waals surface area contributed by atoms with E-state index in [2.05, 4.69) is 4.72 Å². The third kappa shape index (κ3) is 5.86. The summed E-state index contributed by atoms with van der Waals surface area (Å²) in [5.41, 5.74) is 0.256. The molecule has 0 aliphatic carbocycles. The normalized spacial score (nSPS) is 20.6. The van der Waals surface area contributed by atoms with Crippen molar-refractivity contribution in [3.63, 3.8) is 0 Å². The molecule has 1 aromatic rings. The Morgan fingerprint density at radius 3 is 2.88 bits per heavy atom. The highest BCUT2D eigenvalue weighted by molar-refractivity contribution is 7.89. The number of benzene rings is 1. The number of nitrogens with zero attached hydrogens (tertiary/aromatic N) is 1. The van der Waals surface area contributed by atoms with Crippen molar-refractivity contribution in [2.24, 2.45) is 0 Å². The molecular weight excluding hydrogens is 374 g/mol. The molecule has 0 radical (unpaired) electrons. The van der Waals surface area contributed by atoms with Gasteiger partial charge in [-0.2, -0.15) is 0 Å². The molecular formula is C16H23ClF2N2O3S. The van der Waals surface area contributed by atoms with Crippen molar-refractivity contribution < 1.29 is 21.9 Å². The second kappa shape index (κ2) is 9.23. The summed E-state index contributed by atoms with van der Waals surface area (Å²) in [6, 6.07) is 3.82. The van der Waals surface area contributed by atoms with Crippen LogP contribution < -0.4 is 4.72 Å². The first-order valence-electron chi connectivity index (χ1n) is 8.17. The van der Waals surface area contributed by atoms with Crippen molar-refractivity contribution in [2.75, 3.05) is 38.7 Å². The second-order valence-electron chi connectivity index (χ2n) is 6.04. The first-order chi connectivity index (χ1) is 11.8. The summed E-state index contributed by atoms with van der Waals surface area (Å²) in [4.78, 5) is 1.95. The van der Waals surface area contributed by atoms with Crippen molar-refractivity contribution in [1.29, 1.82) is 0 Å². The molecule has 0 aromatic heterocycles. The van der Waals surface area contributed by atoms with Crippen molar-refractivity contribution in [3.8, 4) is 0 Å². The van der Waals surface area contributed by atoms with Gasteiger partial charge in [-0.1, -0.05) is 17.7 Å². The minimum atomic E-state index is -3.64. The number of sulfonamides is 1. The number of rotatable bonds is 8. The number of hydrogen-bond donors (Lipinski definition) is 1. The van der Waals surface area contributed by atoms with Crippen LogP contribution in [0, 0.1) is 5.82 Å². The van der Waals surface area contributed by atoms with Crippen LogP contribution in [-0.2, 0) is 14.8 Å². The van der Waals surface area contributed by atoms with Gasteiger partial charge in [-0.3, -0.25) is 9.29 Å². The zero-order chi connectivity index (χ0) is 18.4. The Morgan fingerprint density at radius 1 is 1.48 bits per heavy atom. The summed E-state index contributed by atoms with van der Waals surface area (Å²) in [5, 5.41) is 0.243. The highest BCUT2D eigenvalue weighted by Crippen LogP contribution is 2.31. The summed E-state index contributed by atoms with van der Waals surface area (Å²) in [7, 11) is -3.64. The molecule has 0 amide bonds. The van der Waals surface area contributed by atoms with Gasteiger partial charge in [0.1, 0.15) is 5.82 Å². The summed E-state index contributed by atoms with van der Waals surface area (Å²) in [6.07, 6.45) is -0.125. The monoisotopic (exact) mass is 396 g/mol. The number of halogens is 3. The van der Waals surface area contributed by atoms with Crippen molar-refractivity contribution in [3.05, 3.63) is 34.6 Å². The van der Waals surface area contributed by atoms with E-state index in [1.54, 1.807) is 6.07 Å². The molecule has 0 unspecified atom stereocenters. The topological polar surface area (TPSA) is 58.6 Å². The van der Waals surface area contributed by atoms with Gasteiger partial charge in [0.05, 0.1) is 31.2 Å². The molecule has 0 spiro atoms. The van der Waals surface area contributed by atoms with Gasteiger partial charge < -0.3 is 4.74 Å². The summed E-state index contributed by atoms with van der Waals surface area (Å²) in [6.45, 7) is 2.69. The highest BCUT2D eigenvalue weighted by Gasteiger charge is 2.30. The van der Waals surface area contributed by atoms with E-state index >= 15 is 0 Å². The zero-order valence-electron chi connectivity index (χ0n) is 14.1. The lowest BCUT2D eigenvalue weighted by molar-refractivity contribution is -0.0342. The lowest BCUT2D eigenvalue weighted by Gasteiger charge is -2.38. The quantitative estimate of drug-likeness (QED) is 0.733. The van der Waals surface area contributed by atoms with E-state index < -0.39 is 28.6 Å². The van der Waals surface area contributed by atoms with Crippen molar-refractivity contribution >= 4 is 21.6 Å². The van der Waals surface area contributed by atoms with Gasteiger partial charge in [-0.05, 0) is 25.5 Å². The van der Waals surface area contributed by atoms with Crippen LogP contribution in [0.25, 0.3) is 0 Å². The Balaban J connectivity index is 2.23. The molecule has 1 aliphatic heterocycles. The maximum atomic E-state index is 14.4. The number of nitrogens with one attached hydrogen (secondary N) is 1. The maximum absolute atomic E-state index is 14.4. The SMILES string of the molecule is C[C@@H]1CN([C@@H](CNS(=O)(=O)CCCF)c2c(F)cccc2Cl)CCO1. The van der Waals surface area contributed by atoms with Crippen LogP contribution in [0.4, 0.5) is 8.78 Å². The third-order valence-electron chi connectivity index (χ3n) is 4.09. The fourth-order valence-electron chi connectivity index (χ4n) is 2.89. The average molecular weight is 397 g/mol. The number of ether oxygens (including phenoxy) is 1. The van der Waals surface area contributed by atoms with Gasteiger partial charge in [0.15, 0.2) is 0 Å². The molecule has 1 aromatic carbocycles. The molecule has 25 heavy (non-hydrogen) atoms. The van der Waals surface area contributed by atoms with Gasteiger partial charge in [-0.15, -0.1) is 0 Å².